The molecule has 3 rings (SSSR count). The summed E-state index contributed by atoms with van der Waals surface area (Å²) in [6.45, 7) is 2.24. The van der Waals surface area contributed by atoms with E-state index in [-0.39, 0.29) is 35.9 Å². The lowest BCUT2D eigenvalue weighted by Gasteiger charge is -2.32. The van der Waals surface area contributed by atoms with Gasteiger partial charge in [0.1, 0.15) is 11.9 Å². The lowest BCUT2D eigenvalue weighted by molar-refractivity contribution is -0.140. The SMILES string of the molecule is CCNC(=O)[C@H](Cc1ccccc1)N(Cc1ccc(Cl)cc1Cl)C(=O)Cc1c(F)cccc1Cl. The molecule has 1 N–H and O–H groups in total. The fourth-order valence-electron chi connectivity index (χ4n) is 3.63. The van der Waals surface area contributed by atoms with Crippen LogP contribution in [0.5, 0.6) is 0 Å². The first-order valence-electron chi connectivity index (χ1n) is 10.8. The average Bonchev–Trinajstić information content (AvgIpc) is 2.80. The Morgan fingerprint density at radius 2 is 1.71 bits per heavy atom. The summed E-state index contributed by atoms with van der Waals surface area (Å²) in [4.78, 5) is 28.2. The molecule has 3 aromatic rings. The fraction of sp³-hybridized carbons (Fsp3) is 0.231. The molecule has 0 fully saturated rings. The van der Waals surface area contributed by atoms with Crippen molar-refractivity contribution >= 4 is 46.6 Å². The zero-order valence-corrected chi connectivity index (χ0v) is 20.8. The molecule has 0 saturated heterocycles. The van der Waals surface area contributed by atoms with E-state index in [2.05, 4.69) is 5.32 Å². The predicted molar refractivity (Wildman–Crippen MR) is 135 cm³/mol. The van der Waals surface area contributed by atoms with Crippen molar-refractivity contribution in [2.45, 2.75) is 32.4 Å². The maximum absolute atomic E-state index is 14.5. The minimum absolute atomic E-state index is 0.0372. The van der Waals surface area contributed by atoms with Crippen LogP contribution in [0.4, 0.5) is 4.39 Å². The molecule has 0 aromatic heterocycles. The molecule has 0 unspecified atom stereocenters. The Bertz CT molecular complexity index is 1140. The number of hydrogen-bond acceptors (Lipinski definition) is 2. The van der Waals surface area contributed by atoms with Gasteiger partial charge in [-0.15, -0.1) is 0 Å². The molecule has 1 atom stereocenters. The van der Waals surface area contributed by atoms with E-state index in [0.29, 0.717) is 22.2 Å². The molecule has 0 aliphatic heterocycles. The number of carbonyl (C=O) groups excluding carboxylic acids is 2. The average molecular weight is 522 g/mol. The zero-order chi connectivity index (χ0) is 24.7. The van der Waals surface area contributed by atoms with Crippen molar-refractivity contribution in [3.63, 3.8) is 0 Å². The van der Waals surface area contributed by atoms with Crippen LogP contribution in [0.3, 0.4) is 0 Å². The summed E-state index contributed by atoms with van der Waals surface area (Å²) >= 11 is 18.6. The first kappa shape index (κ1) is 26.0. The van der Waals surface area contributed by atoms with Crippen LogP contribution in [-0.2, 0) is 29.0 Å². The molecule has 0 bridgehead atoms. The smallest absolute Gasteiger partial charge is 0.243 e. The largest absolute Gasteiger partial charge is 0.355 e. The summed E-state index contributed by atoms with van der Waals surface area (Å²) in [5.74, 6) is -1.35. The lowest BCUT2D eigenvalue weighted by atomic mass is 10.0. The molecule has 2 amide bonds. The number of rotatable bonds is 9. The third kappa shape index (κ3) is 6.72. The molecule has 34 heavy (non-hydrogen) atoms. The van der Waals surface area contributed by atoms with Crippen molar-refractivity contribution < 1.29 is 14.0 Å². The second-order valence-electron chi connectivity index (χ2n) is 7.73. The van der Waals surface area contributed by atoms with Gasteiger partial charge in [-0.25, -0.2) is 4.39 Å². The maximum atomic E-state index is 14.5. The summed E-state index contributed by atoms with van der Waals surface area (Å²) in [6.07, 6.45) is -0.0317. The van der Waals surface area contributed by atoms with Gasteiger partial charge in [0.05, 0.1) is 6.42 Å². The molecule has 0 radical (unpaired) electrons. The number of benzene rings is 3. The minimum Gasteiger partial charge on any atom is -0.355 e. The highest BCUT2D eigenvalue weighted by atomic mass is 35.5. The quantitative estimate of drug-likeness (QED) is 0.370. The van der Waals surface area contributed by atoms with Gasteiger partial charge in [-0.1, -0.05) is 77.3 Å². The van der Waals surface area contributed by atoms with E-state index in [4.69, 9.17) is 34.8 Å². The Kier molecular flexibility index (Phi) is 9.34. The molecule has 0 aliphatic rings. The molecule has 0 aliphatic carbocycles. The van der Waals surface area contributed by atoms with Gasteiger partial charge in [-0.05, 0) is 42.3 Å². The van der Waals surface area contributed by atoms with Crippen molar-refractivity contribution in [1.29, 1.82) is 0 Å². The van der Waals surface area contributed by atoms with Crippen LogP contribution in [0.2, 0.25) is 15.1 Å². The highest BCUT2D eigenvalue weighted by Crippen LogP contribution is 2.26. The lowest BCUT2D eigenvalue weighted by Crippen LogP contribution is -2.51. The number of halogens is 4. The maximum Gasteiger partial charge on any atom is 0.243 e. The highest BCUT2D eigenvalue weighted by Gasteiger charge is 2.31. The van der Waals surface area contributed by atoms with E-state index >= 15 is 0 Å². The zero-order valence-electron chi connectivity index (χ0n) is 18.5. The molecular weight excluding hydrogens is 498 g/mol. The molecular formula is C26H24Cl3FN2O2. The Hall–Kier alpha value is -2.60. The van der Waals surface area contributed by atoms with Crippen LogP contribution in [0, 0.1) is 5.82 Å². The van der Waals surface area contributed by atoms with Gasteiger partial charge in [0.2, 0.25) is 11.8 Å². The third-order valence-corrected chi connectivity index (χ3v) is 6.31. The first-order chi connectivity index (χ1) is 16.3. The number of hydrogen-bond donors (Lipinski definition) is 1. The number of nitrogens with one attached hydrogen (secondary N) is 1. The fourth-order valence-corrected chi connectivity index (χ4v) is 4.33. The predicted octanol–water partition coefficient (Wildman–Crippen LogP) is 6.10. The van der Waals surface area contributed by atoms with E-state index in [0.717, 1.165) is 5.56 Å². The van der Waals surface area contributed by atoms with Crippen molar-refractivity contribution in [2.24, 2.45) is 0 Å². The van der Waals surface area contributed by atoms with Gasteiger partial charge in [0.25, 0.3) is 0 Å². The van der Waals surface area contributed by atoms with Crippen LogP contribution < -0.4 is 5.32 Å². The van der Waals surface area contributed by atoms with E-state index < -0.39 is 17.8 Å². The Morgan fingerprint density at radius 3 is 2.35 bits per heavy atom. The molecule has 4 nitrogen and oxygen atoms in total. The molecule has 0 saturated carbocycles. The standard InChI is InChI=1S/C26H24Cl3FN2O2/c1-2-31-26(34)24(13-17-7-4-3-5-8-17)32(16-18-11-12-19(27)14-22(18)29)25(33)15-20-21(28)9-6-10-23(20)30/h3-12,14,24H,2,13,15-16H2,1H3,(H,31,34)/t24-/m0/s1. The van der Waals surface area contributed by atoms with Gasteiger partial charge in [0.15, 0.2) is 0 Å². The number of amides is 2. The van der Waals surface area contributed by atoms with Crippen molar-refractivity contribution in [3.8, 4) is 0 Å². The van der Waals surface area contributed by atoms with Crippen molar-refractivity contribution in [3.05, 3.63) is 104 Å². The summed E-state index contributed by atoms with van der Waals surface area (Å²) in [6, 6.07) is 17.7. The summed E-state index contributed by atoms with van der Waals surface area (Å²) in [5.41, 5.74) is 1.57. The number of nitrogens with zero attached hydrogens (tertiary/aromatic N) is 1. The van der Waals surface area contributed by atoms with Gasteiger partial charge < -0.3 is 10.2 Å². The van der Waals surface area contributed by atoms with Crippen LogP contribution in [-0.4, -0.2) is 29.3 Å². The Balaban J connectivity index is 2.02. The first-order valence-corrected chi connectivity index (χ1v) is 11.9. The minimum atomic E-state index is -0.854. The summed E-state index contributed by atoms with van der Waals surface area (Å²) < 4.78 is 14.5. The Morgan fingerprint density at radius 1 is 0.971 bits per heavy atom. The van der Waals surface area contributed by atoms with Gasteiger partial charge >= 0.3 is 0 Å². The van der Waals surface area contributed by atoms with Crippen LogP contribution in [0.15, 0.2) is 66.7 Å². The van der Waals surface area contributed by atoms with E-state index in [1.165, 1.54) is 23.1 Å². The second kappa shape index (κ2) is 12.2. The summed E-state index contributed by atoms with van der Waals surface area (Å²) in [7, 11) is 0. The molecule has 178 valence electrons. The van der Waals surface area contributed by atoms with Crippen molar-refractivity contribution in [1.82, 2.24) is 10.2 Å². The topological polar surface area (TPSA) is 49.4 Å². The second-order valence-corrected chi connectivity index (χ2v) is 8.99. The molecule has 3 aromatic carbocycles. The van der Waals surface area contributed by atoms with Crippen LogP contribution in [0.25, 0.3) is 0 Å². The van der Waals surface area contributed by atoms with E-state index in [9.17, 15) is 14.0 Å². The highest BCUT2D eigenvalue weighted by molar-refractivity contribution is 6.35. The van der Waals surface area contributed by atoms with Crippen molar-refractivity contribution in [2.75, 3.05) is 6.54 Å². The molecule has 8 heteroatoms. The van der Waals surface area contributed by atoms with Crippen LogP contribution in [0.1, 0.15) is 23.6 Å². The van der Waals surface area contributed by atoms with E-state index in [1.807, 2.05) is 30.3 Å². The summed E-state index contributed by atoms with van der Waals surface area (Å²) in [5, 5.41) is 3.78. The molecule has 0 spiro atoms. The third-order valence-electron chi connectivity index (χ3n) is 5.37. The molecule has 0 heterocycles. The van der Waals surface area contributed by atoms with E-state index in [1.54, 1.807) is 25.1 Å². The monoisotopic (exact) mass is 520 g/mol. The van der Waals surface area contributed by atoms with Gasteiger partial charge in [-0.3, -0.25) is 9.59 Å². The van der Waals surface area contributed by atoms with Gasteiger partial charge in [-0.2, -0.15) is 0 Å². The van der Waals surface area contributed by atoms with Gasteiger partial charge in [0, 0.05) is 40.1 Å². The number of likely N-dealkylation sites (N-methyl/N-ethyl adjacent to an activating group) is 1. The number of carbonyl (C=O) groups is 2. The normalized spacial score (nSPS) is 11.7. The Labute approximate surface area is 213 Å². The van der Waals surface area contributed by atoms with Crippen LogP contribution >= 0.6 is 34.8 Å².